The average Bonchev–Trinajstić information content (AvgIpc) is 3.06. The normalized spacial score (nSPS) is 24.0. The monoisotopic (exact) mass is 379 g/mol. The van der Waals surface area contributed by atoms with Crippen LogP contribution < -0.4 is 5.32 Å². The fraction of sp³-hybridized carbons (Fsp3) is 0.478. The van der Waals surface area contributed by atoms with Gasteiger partial charge in [-0.05, 0) is 44.0 Å². The van der Waals surface area contributed by atoms with Gasteiger partial charge in [0, 0.05) is 31.6 Å². The zero-order valence-electron chi connectivity index (χ0n) is 16.9. The molecule has 5 heteroatoms. The van der Waals surface area contributed by atoms with E-state index in [1.807, 2.05) is 25.1 Å². The topological polar surface area (TPSA) is 54.5 Å². The summed E-state index contributed by atoms with van der Waals surface area (Å²) in [4.78, 5) is 20.5. The summed E-state index contributed by atoms with van der Waals surface area (Å²) in [6, 6.07) is 14.3. The third-order valence-corrected chi connectivity index (χ3v) is 5.91. The largest absolute Gasteiger partial charge is 0.373 e. The second-order valence-electron chi connectivity index (χ2n) is 8.27. The lowest BCUT2D eigenvalue weighted by Gasteiger charge is -2.45. The highest BCUT2D eigenvalue weighted by atomic mass is 16.5. The number of nitrogens with zero attached hydrogens (tertiary/aromatic N) is 2. The Morgan fingerprint density at radius 1 is 1.11 bits per heavy atom. The molecule has 0 radical (unpaired) electrons. The number of hydrogen-bond donors (Lipinski definition) is 1. The Labute approximate surface area is 167 Å². The first-order valence-corrected chi connectivity index (χ1v) is 10.1. The zero-order valence-corrected chi connectivity index (χ0v) is 16.9. The molecule has 1 amide bonds. The Balaban J connectivity index is 1.59. The van der Waals surface area contributed by atoms with Crippen molar-refractivity contribution in [1.29, 1.82) is 0 Å². The smallest absolute Gasteiger partial charge is 0.241 e. The van der Waals surface area contributed by atoms with E-state index < -0.39 is 5.54 Å². The van der Waals surface area contributed by atoms with Crippen LogP contribution in [0.15, 0.2) is 42.5 Å². The highest BCUT2D eigenvalue weighted by Crippen LogP contribution is 2.36. The van der Waals surface area contributed by atoms with Crippen LogP contribution in [0.3, 0.4) is 0 Å². The van der Waals surface area contributed by atoms with E-state index in [0.29, 0.717) is 6.54 Å². The van der Waals surface area contributed by atoms with Gasteiger partial charge in [-0.2, -0.15) is 0 Å². The summed E-state index contributed by atoms with van der Waals surface area (Å²) in [6.45, 7) is 8.15. The van der Waals surface area contributed by atoms with Gasteiger partial charge in [0.2, 0.25) is 5.91 Å². The Bertz CT molecular complexity index is 831. The maximum Gasteiger partial charge on any atom is 0.241 e. The summed E-state index contributed by atoms with van der Waals surface area (Å²) in [7, 11) is 0. The minimum Gasteiger partial charge on any atom is -0.373 e. The Morgan fingerprint density at radius 2 is 1.75 bits per heavy atom. The molecule has 0 unspecified atom stereocenters. The van der Waals surface area contributed by atoms with E-state index >= 15 is 0 Å². The number of pyridine rings is 1. The highest BCUT2D eigenvalue weighted by molar-refractivity contribution is 5.88. The predicted molar refractivity (Wildman–Crippen MR) is 109 cm³/mol. The Morgan fingerprint density at radius 3 is 2.36 bits per heavy atom. The maximum absolute atomic E-state index is 13.6. The number of hydrogen-bond acceptors (Lipinski definition) is 4. The number of carbonyl (C=O) groups is 1. The molecule has 5 nitrogen and oxygen atoms in total. The molecule has 0 spiro atoms. The molecule has 0 bridgehead atoms. The van der Waals surface area contributed by atoms with Gasteiger partial charge in [0.25, 0.3) is 0 Å². The van der Waals surface area contributed by atoms with Crippen molar-refractivity contribution in [3.05, 3.63) is 65.0 Å². The first kappa shape index (κ1) is 19.1. The minimum absolute atomic E-state index is 0.0910. The van der Waals surface area contributed by atoms with Crippen LogP contribution in [0, 0.1) is 6.92 Å². The average molecular weight is 380 g/mol. The van der Waals surface area contributed by atoms with Crippen molar-refractivity contribution in [1.82, 2.24) is 15.2 Å². The molecule has 1 saturated heterocycles. The number of amides is 1. The molecule has 2 atom stereocenters. The lowest BCUT2D eigenvalue weighted by molar-refractivity contribution is -0.144. The van der Waals surface area contributed by atoms with E-state index in [9.17, 15) is 4.79 Å². The maximum atomic E-state index is 13.6. The molecule has 1 fully saturated rings. The van der Waals surface area contributed by atoms with Crippen LogP contribution in [-0.2, 0) is 28.9 Å². The van der Waals surface area contributed by atoms with Gasteiger partial charge in [0.05, 0.1) is 24.4 Å². The van der Waals surface area contributed by atoms with Crippen molar-refractivity contribution in [2.75, 3.05) is 13.1 Å². The fourth-order valence-electron chi connectivity index (χ4n) is 4.68. The van der Waals surface area contributed by atoms with Crippen molar-refractivity contribution in [2.45, 2.75) is 57.9 Å². The van der Waals surface area contributed by atoms with Gasteiger partial charge in [-0.1, -0.05) is 30.3 Å². The van der Waals surface area contributed by atoms with Crippen molar-refractivity contribution < 1.29 is 9.53 Å². The van der Waals surface area contributed by atoms with Gasteiger partial charge >= 0.3 is 0 Å². The molecule has 0 saturated carbocycles. The van der Waals surface area contributed by atoms with Gasteiger partial charge < -0.3 is 10.1 Å². The van der Waals surface area contributed by atoms with Crippen molar-refractivity contribution in [3.63, 3.8) is 0 Å². The third-order valence-electron chi connectivity index (χ3n) is 5.91. The summed E-state index contributed by atoms with van der Waals surface area (Å²) in [5.74, 6) is 0.0910. The molecule has 1 aromatic heterocycles. The molecular weight excluding hydrogens is 350 g/mol. The third kappa shape index (κ3) is 3.69. The number of fused-ring (bicyclic) bond motifs is 1. The highest BCUT2D eigenvalue weighted by Gasteiger charge is 2.49. The molecule has 1 N–H and O–H groups in total. The molecule has 1 aromatic carbocycles. The lowest BCUT2D eigenvalue weighted by atomic mass is 9.90. The Hall–Kier alpha value is -2.24. The number of aryl methyl sites for hydroxylation is 1. The van der Waals surface area contributed by atoms with Gasteiger partial charge in [-0.3, -0.25) is 14.7 Å². The minimum atomic E-state index is -0.556. The summed E-state index contributed by atoms with van der Waals surface area (Å²) >= 11 is 0. The van der Waals surface area contributed by atoms with E-state index in [1.165, 1.54) is 11.1 Å². The van der Waals surface area contributed by atoms with Crippen LogP contribution in [-0.4, -0.2) is 46.6 Å². The SMILES string of the molecule is Cc1cccc(CNC(=O)C2(N3C[C@@H](C)O[C@@H](C)C3)Cc3ccccc3C2)n1. The van der Waals surface area contributed by atoms with E-state index in [4.69, 9.17) is 4.74 Å². The summed E-state index contributed by atoms with van der Waals surface area (Å²) in [5, 5.41) is 3.19. The first-order valence-electron chi connectivity index (χ1n) is 10.1. The molecule has 148 valence electrons. The second-order valence-corrected chi connectivity index (χ2v) is 8.27. The van der Waals surface area contributed by atoms with E-state index in [0.717, 1.165) is 37.3 Å². The quantitative estimate of drug-likeness (QED) is 0.887. The summed E-state index contributed by atoms with van der Waals surface area (Å²) in [5.41, 5.74) is 3.85. The molecule has 1 aliphatic carbocycles. The number of aromatic nitrogens is 1. The van der Waals surface area contributed by atoms with Crippen LogP contribution >= 0.6 is 0 Å². The van der Waals surface area contributed by atoms with E-state index in [2.05, 4.69) is 53.3 Å². The van der Waals surface area contributed by atoms with E-state index in [-0.39, 0.29) is 18.1 Å². The van der Waals surface area contributed by atoms with Crippen molar-refractivity contribution >= 4 is 5.91 Å². The number of ether oxygens (including phenoxy) is 1. The van der Waals surface area contributed by atoms with Gasteiger partial charge in [0.15, 0.2) is 0 Å². The molecule has 1 aliphatic heterocycles. The van der Waals surface area contributed by atoms with Gasteiger partial charge in [0.1, 0.15) is 5.54 Å². The molecule has 2 aliphatic rings. The van der Waals surface area contributed by atoms with Gasteiger partial charge in [-0.25, -0.2) is 0 Å². The number of benzene rings is 1. The lowest BCUT2D eigenvalue weighted by Crippen LogP contribution is -2.64. The first-order chi connectivity index (χ1) is 13.5. The number of morpholine rings is 1. The van der Waals surface area contributed by atoms with Crippen LogP contribution in [0.5, 0.6) is 0 Å². The van der Waals surface area contributed by atoms with Crippen molar-refractivity contribution in [2.24, 2.45) is 0 Å². The van der Waals surface area contributed by atoms with Crippen molar-refractivity contribution in [3.8, 4) is 0 Å². The molecule has 2 heterocycles. The zero-order chi connectivity index (χ0) is 19.7. The molecule has 4 rings (SSSR count). The van der Waals surface area contributed by atoms with Crippen LogP contribution in [0.25, 0.3) is 0 Å². The molecule has 28 heavy (non-hydrogen) atoms. The van der Waals surface area contributed by atoms with E-state index in [1.54, 1.807) is 0 Å². The number of rotatable bonds is 4. The molecular formula is C23H29N3O2. The summed E-state index contributed by atoms with van der Waals surface area (Å²) in [6.07, 6.45) is 1.73. The number of carbonyl (C=O) groups excluding carboxylic acids is 1. The predicted octanol–water partition coefficient (Wildman–Crippen LogP) is 2.65. The van der Waals surface area contributed by atoms with Crippen LogP contribution in [0.4, 0.5) is 0 Å². The molecule has 2 aromatic rings. The van der Waals surface area contributed by atoms with Crippen LogP contribution in [0.2, 0.25) is 0 Å². The van der Waals surface area contributed by atoms with Gasteiger partial charge in [-0.15, -0.1) is 0 Å². The standard InChI is InChI=1S/C23H29N3O2/c1-16-7-6-10-21(25-16)13-24-22(27)23(26-14-17(2)28-18(3)15-26)11-19-8-4-5-9-20(19)12-23/h4-10,17-18H,11-15H2,1-3H3,(H,24,27)/t17-,18+. The number of nitrogens with one attached hydrogen (secondary N) is 1. The van der Waals surface area contributed by atoms with Crippen LogP contribution in [0.1, 0.15) is 36.4 Å². The Kier molecular flexibility index (Phi) is 5.21. The summed E-state index contributed by atoms with van der Waals surface area (Å²) < 4.78 is 5.94. The second kappa shape index (κ2) is 7.64. The fourth-order valence-corrected chi connectivity index (χ4v) is 4.68.